The molecule has 1 spiro atoms. The van der Waals surface area contributed by atoms with Gasteiger partial charge in [0.1, 0.15) is 6.10 Å². The van der Waals surface area contributed by atoms with Crippen molar-refractivity contribution < 1.29 is 23.4 Å². The van der Waals surface area contributed by atoms with E-state index in [1.54, 1.807) is 0 Å². The van der Waals surface area contributed by atoms with Gasteiger partial charge in [0.15, 0.2) is 18.0 Å². The van der Waals surface area contributed by atoms with Gasteiger partial charge in [-0.2, -0.15) is 0 Å². The van der Waals surface area contributed by atoms with Gasteiger partial charge in [-0.05, 0) is 28.3 Å². The van der Waals surface area contributed by atoms with Crippen LogP contribution in [-0.2, 0) is 23.4 Å². The molecule has 6 heteroatoms. The molecule has 0 bridgehead atoms. The van der Waals surface area contributed by atoms with E-state index in [0.717, 1.165) is 25.7 Å². The highest BCUT2D eigenvalue weighted by Gasteiger charge is 2.60. The lowest BCUT2D eigenvalue weighted by molar-refractivity contribution is -0.217. The van der Waals surface area contributed by atoms with Crippen LogP contribution in [-0.4, -0.2) is 45.0 Å². The highest BCUT2D eigenvalue weighted by molar-refractivity contribution is 6.99. The highest BCUT2D eigenvalue weighted by atomic mass is 28.4. The van der Waals surface area contributed by atoms with E-state index in [1.807, 2.05) is 12.1 Å². The summed E-state index contributed by atoms with van der Waals surface area (Å²) >= 11 is 0. The van der Waals surface area contributed by atoms with Crippen molar-refractivity contribution in [3.05, 3.63) is 60.7 Å². The first kappa shape index (κ1) is 22.8. The van der Waals surface area contributed by atoms with Gasteiger partial charge in [0, 0.05) is 12.8 Å². The Labute approximate surface area is 197 Å². The van der Waals surface area contributed by atoms with Gasteiger partial charge in [0.2, 0.25) is 0 Å². The Morgan fingerprint density at radius 3 is 2.03 bits per heavy atom. The molecule has 3 atom stereocenters. The molecule has 3 fully saturated rings. The lowest BCUT2D eigenvalue weighted by atomic mass is 9.94. The number of carbonyl (C=O) groups excluding carboxylic acids is 1. The van der Waals surface area contributed by atoms with E-state index in [1.165, 1.54) is 16.8 Å². The third kappa shape index (κ3) is 3.97. The van der Waals surface area contributed by atoms with E-state index in [-0.39, 0.29) is 11.0 Å². The molecule has 2 saturated heterocycles. The second kappa shape index (κ2) is 8.66. The van der Waals surface area contributed by atoms with Crippen LogP contribution in [0.2, 0.25) is 5.04 Å². The molecule has 2 heterocycles. The van der Waals surface area contributed by atoms with Crippen LogP contribution in [0.5, 0.6) is 0 Å². The second-order valence-electron chi connectivity index (χ2n) is 10.5. The molecular formula is C27H34O5Si. The number of rotatable bonds is 5. The molecule has 176 valence electrons. The third-order valence-electron chi connectivity index (χ3n) is 7.35. The molecule has 33 heavy (non-hydrogen) atoms. The van der Waals surface area contributed by atoms with Crippen LogP contribution in [0, 0.1) is 0 Å². The van der Waals surface area contributed by atoms with Crippen molar-refractivity contribution in [1.82, 2.24) is 0 Å². The van der Waals surface area contributed by atoms with E-state index >= 15 is 0 Å². The highest BCUT2D eigenvalue weighted by Crippen LogP contribution is 2.45. The normalized spacial score (nSPS) is 26.9. The molecular weight excluding hydrogens is 432 g/mol. The van der Waals surface area contributed by atoms with Crippen molar-refractivity contribution in [2.75, 3.05) is 6.61 Å². The Morgan fingerprint density at radius 1 is 0.909 bits per heavy atom. The quantitative estimate of drug-likeness (QED) is 0.494. The first-order valence-corrected chi connectivity index (χ1v) is 14.1. The van der Waals surface area contributed by atoms with Crippen molar-refractivity contribution >= 4 is 24.7 Å². The van der Waals surface area contributed by atoms with Crippen molar-refractivity contribution in [2.24, 2.45) is 0 Å². The fourth-order valence-corrected chi connectivity index (χ4v) is 10.4. The maximum atomic E-state index is 12.7. The van der Waals surface area contributed by atoms with Crippen LogP contribution in [0.3, 0.4) is 0 Å². The standard InChI is InChI=1S/C27H34O5Si/c1-26(2,3)33(20-13-7-4-8-14-20,21-15-9-5-10-16-21)29-19-22-23-24(25(28)30-22)32-27(31-23)17-11-6-12-18-27/h4-5,7-10,13-16,22-24H,6,11-12,17-19H2,1-3H3/t22-,23-,24-/m1/s1. The lowest BCUT2D eigenvalue weighted by Crippen LogP contribution is -2.67. The maximum Gasteiger partial charge on any atom is 0.338 e. The molecule has 2 aromatic rings. The summed E-state index contributed by atoms with van der Waals surface area (Å²) in [6.45, 7) is 7.03. The summed E-state index contributed by atoms with van der Waals surface area (Å²) in [6.07, 6.45) is 3.49. The van der Waals surface area contributed by atoms with E-state index in [2.05, 4.69) is 69.3 Å². The van der Waals surface area contributed by atoms with Crippen LogP contribution >= 0.6 is 0 Å². The van der Waals surface area contributed by atoms with E-state index in [9.17, 15) is 4.79 Å². The smallest absolute Gasteiger partial charge is 0.338 e. The van der Waals surface area contributed by atoms with Gasteiger partial charge in [-0.3, -0.25) is 0 Å². The fourth-order valence-electron chi connectivity index (χ4n) is 5.80. The zero-order valence-corrected chi connectivity index (χ0v) is 20.8. The summed E-state index contributed by atoms with van der Waals surface area (Å²) in [4.78, 5) is 12.7. The molecule has 0 aromatic heterocycles. The lowest BCUT2D eigenvalue weighted by Gasteiger charge is -2.43. The summed E-state index contributed by atoms with van der Waals surface area (Å²) in [5, 5.41) is 2.27. The summed E-state index contributed by atoms with van der Waals surface area (Å²) in [6, 6.07) is 21.0. The molecule has 1 aliphatic carbocycles. The molecule has 5 nitrogen and oxygen atoms in total. The molecule has 2 aromatic carbocycles. The van der Waals surface area contributed by atoms with Gasteiger partial charge in [-0.25, -0.2) is 4.79 Å². The van der Waals surface area contributed by atoms with Crippen LogP contribution in [0.15, 0.2) is 60.7 Å². The van der Waals surface area contributed by atoms with E-state index in [0.29, 0.717) is 6.61 Å². The Balaban J connectivity index is 1.45. The number of hydrogen-bond donors (Lipinski definition) is 0. The van der Waals surface area contributed by atoms with Gasteiger partial charge in [-0.15, -0.1) is 0 Å². The molecule has 1 saturated carbocycles. The monoisotopic (exact) mass is 466 g/mol. The number of benzene rings is 2. The van der Waals surface area contributed by atoms with Crippen LogP contribution in [0.25, 0.3) is 0 Å². The summed E-state index contributed by atoms with van der Waals surface area (Å²) < 4.78 is 25.4. The van der Waals surface area contributed by atoms with Crippen LogP contribution in [0.4, 0.5) is 0 Å². The molecule has 2 aliphatic heterocycles. The van der Waals surface area contributed by atoms with Crippen molar-refractivity contribution in [3.8, 4) is 0 Å². The van der Waals surface area contributed by atoms with Crippen molar-refractivity contribution in [2.45, 2.75) is 82.0 Å². The average Bonchev–Trinajstić information content (AvgIpc) is 3.31. The van der Waals surface area contributed by atoms with Gasteiger partial charge < -0.3 is 18.6 Å². The number of carbonyl (C=O) groups is 1. The molecule has 0 radical (unpaired) electrons. The Kier molecular flexibility index (Phi) is 5.98. The predicted octanol–water partition coefficient (Wildman–Crippen LogP) is 3.93. The fraction of sp³-hybridized carbons (Fsp3) is 0.519. The van der Waals surface area contributed by atoms with Crippen molar-refractivity contribution in [1.29, 1.82) is 0 Å². The summed E-state index contributed by atoms with van der Waals surface area (Å²) in [5.41, 5.74) is 0. The Hall–Kier alpha value is -1.99. The SMILES string of the molecule is CC(C)(C)[Si](OC[C@H]1OC(=O)[C@@H]2OC3(CCCCC3)O[C@H]12)(c1ccccc1)c1ccccc1. The van der Waals surface area contributed by atoms with Gasteiger partial charge in [0.25, 0.3) is 8.32 Å². The number of ether oxygens (including phenoxy) is 3. The summed E-state index contributed by atoms with van der Waals surface area (Å²) in [5.74, 6) is -0.943. The zero-order chi connectivity index (χ0) is 23.1. The van der Waals surface area contributed by atoms with E-state index in [4.69, 9.17) is 18.6 Å². The molecule has 0 unspecified atom stereocenters. The maximum absolute atomic E-state index is 12.7. The van der Waals surface area contributed by atoms with Crippen molar-refractivity contribution in [3.63, 3.8) is 0 Å². The first-order chi connectivity index (χ1) is 15.8. The number of hydrogen-bond acceptors (Lipinski definition) is 5. The number of esters is 1. The minimum atomic E-state index is -2.72. The molecule has 3 aliphatic rings. The topological polar surface area (TPSA) is 54.0 Å². The largest absolute Gasteiger partial charge is 0.455 e. The van der Waals surface area contributed by atoms with Crippen LogP contribution in [0.1, 0.15) is 52.9 Å². The van der Waals surface area contributed by atoms with E-state index < -0.39 is 32.4 Å². The minimum Gasteiger partial charge on any atom is -0.455 e. The minimum absolute atomic E-state index is 0.144. The van der Waals surface area contributed by atoms with Crippen LogP contribution < -0.4 is 10.4 Å². The average molecular weight is 467 g/mol. The molecule has 5 rings (SSSR count). The summed E-state index contributed by atoms with van der Waals surface area (Å²) in [7, 11) is -2.72. The Morgan fingerprint density at radius 2 is 1.48 bits per heavy atom. The predicted molar refractivity (Wildman–Crippen MR) is 129 cm³/mol. The Bertz CT molecular complexity index is 926. The van der Waals surface area contributed by atoms with Gasteiger partial charge in [0.05, 0.1) is 6.61 Å². The second-order valence-corrected chi connectivity index (χ2v) is 14.8. The number of cyclic esters (lactones) is 1. The zero-order valence-electron chi connectivity index (χ0n) is 19.8. The van der Waals surface area contributed by atoms with Gasteiger partial charge >= 0.3 is 5.97 Å². The third-order valence-corrected chi connectivity index (χ3v) is 12.4. The molecule has 0 N–H and O–H groups in total. The first-order valence-electron chi connectivity index (χ1n) is 12.2. The molecule has 0 amide bonds. The van der Waals surface area contributed by atoms with Gasteiger partial charge in [-0.1, -0.05) is 87.9 Å². The number of fused-ring (bicyclic) bond motifs is 1.